The highest BCUT2D eigenvalue weighted by Crippen LogP contribution is 2.28. The molecule has 1 aromatic rings. The van der Waals surface area contributed by atoms with E-state index in [9.17, 15) is 13.2 Å². The van der Waals surface area contributed by atoms with Gasteiger partial charge in [0, 0.05) is 17.1 Å². The Kier molecular flexibility index (Phi) is 7.92. The van der Waals surface area contributed by atoms with Crippen molar-refractivity contribution in [2.24, 2.45) is 0 Å². The van der Waals surface area contributed by atoms with Crippen LogP contribution in [0.2, 0.25) is 5.02 Å². The van der Waals surface area contributed by atoms with Crippen molar-refractivity contribution < 1.29 is 13.2 Å². The molecule has 0 spiro atoms. The SMILES string of the molecule is CCC[C@@H](C)NC(=O)CN(C1CCCCC1)S(=O)(=O)c1ccc(Cl)cc1. The average Bonchev–Trinajstić information content (AvgIpc) is 2.61. The average molecular weight is 401 g/mol. The molecule has 1 saturated carbocycles. The summed E-state index contributed by atoms with van der Waals surface area (Å²) in [5.74, 6) is -0.242. The maximum absolute atomic E-state index is 13.2. The number of benzene rings is 1. The molecule has 1 aliphatic rings. The van der Waals surface area contributed by atoms with E-state index in [-0.39, 0.29) is 29.4 Å². The third-order valence-corrected chi connectivity index (χ3v) is 7.00. The molecule has 0 radical (unpaired) electrons. The Hall–Kier alpha value is -1.11. The van der Waals surface area contributed by atoms with E-state index in [1.165, 1.54) is 16.4 Å². The fraction of sp³-hybridized carbons (Fsp3) is 0.632. The second kappa shape index (κ2) is 9.72. The Morgan fingerprint density at radius 1 is 1.23 bits per heavy atom. The second-order valence-electron chi connectivity index (χ2n) is 7.05. The normalized spacial score (nSPS) is 17.2. The molecule has 0 unspecified atom stereocenters. The lowest BCUT2D eigenvalue weighted by atomic mass is 9.95. The number of halogens is 1. The fourth-order valence-electron chi connectivity index (χ4n) is 3.49. The summed E-state index contributed by atoms with van der Waals surface area (Å²) in [6.45, 7) is 3.87. The largest absolute Gasteiger partial charge is 0.353 e. The van der Waals surface area contributed by atoms with Gasteiger partial charge in [-0.1, -0.05) is 44.2 Å². The number of nitrogens with zero attached hydrogens (tertiary/aromatic N) is 1. The number of nitrogens with one attached hydrogen (secondary N) is 1. The first-order valence-corrected chi connectivity index (χ1v) is 11.2. The van der Waals surface area contributed by atoms with E-state index < -0.39 is 10.0 Å². The summed E-state index contributed by atoms with van der Waals surface area (Å²) >= 11 is 5.89. The van der Waals surface area contributed by atoms with Crippen molar-refractivity contribution in [1.82, 2.24) is 9.62 Å². The van der Waals surface area contributed by atoms with E-state index in [1.807, 2.05) is 6.92 Å². The number of sulfonamides is 1. The summed E-state index contributed by atoms with van der Waals surface area (Å²) in [6, 6.07) is 6.06. The standard InChI is InChI=1S/C19H29ClN2O3S/c1-3-7-15(2)21-19(23)14-22(17-8-5-4-6-9-17)26(24,25)18-12-10-16(20)11-13-18/h10-13,15,17H,3-9,14H2,1-2H3,(H,21,23)/t15-/m1/s1. The quantitative estimate of drug-likeness (QED) is 0.717. The van der Waals surface area contributed by atoms with E-state index >= 15 is 0 Å². The molecule has 1 aromatic carbocycles. The predicted octanol–water partition coefficient (Wildman–Crippen LogP) is 3.97. The number of rotatable bonds is 8. The van der Waals surface area contributed by atoms with Crippen LogP contribution in [0.25, 0.3) is 0 Å². The Bertz CT molecular complexity index is 685. The summed E-state index contributed by atoms with van der Waals surface area (Å²) in [6.07, 6.45) is 6.53. The first kappa shape index (κ1) is 21.2. The first-order chi connectivity index (χ1) is 12.3. The van der Waals surface area contributed by atoms with Crippen LogP contribution in [0.15, 0.2) is 29.2 Å². The number of amides is 1. The van der Waals surface area contributed by atoms with E-state index in [2.05, 4.69) is 12.2 Å². The van der Waals surface area contributed by atoms with Gasteiger partial charge in [-0.2, -0.15) is 4.31 Å². The van der Waals surface area contributed by atoms with Crippen molar-refractivity contribution in [2.45, 2.75) is 75.8 Å². The van der Waals surface area contributed by atoms with Crippen LogP contribution in [0.4, 0.5) is 0 Å². The Labute approximate surface area is 162 Å². The summed E-state index contributed by atoms with van der Waals surface area (Å²) in [5.41, 5.74) is 0. The van der Waals surface area contributed by atoms with Crippen molar-refractivity contribution in [3.05, 3.63) is 29.3 Å². The molecule has 1 amide bonds. The molecular formula is C19H29ClN2O3S. The summed E-state index contributed by atoms with van der Waals surface area (Å²) in [5, 5.41) is 3.40. The van der Waals surface area contributed by atoms with Gasteiger partial charge in [-0.25, -0.2) is 8.42 Å². The molecule has 146 valence electrons. The van der Waals surface area contributed by atoms with Gasteiger partial charge in [0.2, 0.25) is 15.9 Å². The molecule has 1 N–H and O–H groups in total. The van der Waals surface area contributed by atoms with Gasteiger partial charge in [-0.3, -0.25) is 4.79 Å². The van der Waals surface area contributed by atoms with Crippen molar-refractivity contribution in [3.8, 4) is 0 Å². The topological polar surface area (TPSA) is 66.5 Å². The minimum Gasteiger partial charge on any atom is -0.353 e. The fourth-order valence-corrected chi connectivity index (χ4v) is 5.26. The van der Waals surface area contributed by atoms with Gasteiger partial charge < -0.3 is 5.32 Å². The van der Waals surface area contributed by atoms with Gasteiger partial charge in [-0.05, 0) is 50.5 Å². The molecule has 2 rings (SSSR count). The maximum Gasteiger partial charge on any atom is 0.243 e. The van der Waals surface area contributed by atoms with Crippen molar-refractivity contribution in [1.29, 1.82) is 0 Å². The molecule has 0 heterocycles. The molecule has 0 saturated heterocycles. The Morgan fingerprint density at radius 2 is 1.85 bits per heavy atom. The van der Waals surface area contributed by atoms with E-state index in [0.29, 0.717) is 5.02 Å². The van der Waals surface area contributed by atoms with Gasteiger partial charge in [0.15, 0.2) is 0 Å². The Balaban J connectivity index is 2.22. The van der Waals surface area contributed by atoms with E-state index in [4.69, 9.17) is 11.6 Å². The van der Waals surface area contributed by atoms with Gasteiger partial charge in [0.1, 0.15) is 0 Å². The third kappa shape index (κ3) is 5.69. The highest BCUT2D eigenvalue weighted by atomic mass is 35.5. The summed E-state index contributed by atoms with van der Waals surface area (Å²) in [7, 11) is -3.75. The minimum absolute atomic E-state index is 0.0407. The van der Waals surface area contributed by atoms with Crippen LogP contribution in [0.5, 0.6) is 0 Å². The number of carbonyl (C=O) groups excluding carboxylic acids is 1. The monoisotopic (exact) mass is 400 g/mol. The number of carbonyl (C=O) groups is 1. The molecule has 1 atom stereocenters. The second-order valence-corrected chi connectivity index (χ2v) is 9.38. The summed E-state index contributed by atoms with van der Waals surface area (Å²) in [4.78, 5) is 12.7. The van der Waals surface area contributed by atoms with Crippen LogP contribution in [-0.2, 0) is 14.8 Å². The molecule has 0 aliphatic heterocycles. The zero-order valence-corrected chi connectivity index (χ0v) is 17.2. The van der Waals surface area contributed by atoms with Crippen molar-refractivity contribution in [3.63, 3.8) is 0 Å². The lowest BCUT2D eigenvalue weighted by Crippen LogP contribution is -2.48. The van der Waals surface area contributed by atoms with E-state index in [0.717, 1.165) is 44.9 Å². The molecule has 5 nitrogen and oxygen atoms in total. The van der Waals surface area contributed by atoms with Crippen molar-refractivity contribution in [2.75, 3.05) is 6.54 Å². The zero-order valence-electron chi connectivity index (χ0n) is 15.6. The number of hydrogen-bond donors (Lipinski definition) is 1. The minimum atomic E-state index is -3.75. The zero-order chi connectivity index (χ0) is 19.2. The van der Waals surface area contributed by atoms with Crippen molar-refractivity contribution >= 4 is 27.5 Å². The smallest absolute Gasteiger partial charge is 0.243 e. The van der Waals surface area contributed by atoms with Gasteiger partial charge >= 0.3 is 0 Å². The van der Waals surface area contributed by atoms with Gasteiger partial charge in [0.05, 0.1) is 11.4 Å². The van der Waals surface area contributed by atoms with Crippen LogP contribution in [0.1, 0.15) is 58.8 Å². The molecule has 26 heavy (non-hydrogen) atoms. The van der Waals surface area contributed by atoms with Crippen LogP contribution >= 0.6 is 11.6 Å². The first-order valence-electron chi connectivity index (χ1n) is 9.41. The van der Waals surface area contributed by atoms with Crippen LogP contribution in [0, 0.1) is 0 Å². The van der Waals surface area contributed by atoms with Gasteiger partial charge in [0.25, 0.3) is 0 Å². The van der Waals surface area contributed by atoms with Gasteiger partial charge in [-0.15, -0.1) is 0 Å². The molecule has 7 heteroatoms. The molecular weight excluding hydrogens is 372 g/mol. The molecule has 1 fully saturated rings. The lowest BCUT2D eigenvalue weighted by Gasteiger charge is -2.33. The highest BCUT2D eigenvalue weighted by molar-refractivity contribution is 7.89. The molecule has 1 aliphatic carbocycles. The van der Waals surface area contributed by atoms with Crippen LogP contribution in [-0.4, -0.2) is 37.3 Å². The molecule has 0 bridgehead atoms. The van der Waals surface area contributed by atoms with Crippen LogP contribution in [0.3, 0.4) is 0 Å². The molecule has 0 aromatic heterocycles. The van der Waals surface area contributed by atoms with Crippen LogP contribution < -0.4 is 5.32 Å². The highest BCUT2D eigenvalue weighted by Gasteiger charge is 2.34. The predicted molar refractivity (Wildman–Crippen MR) is 105 cm³/mol. The third-order valence-electron chi connectivity index (χ3n) is 4.83. The lowest BCUT2D eigenvalue weighted by molar-refractivity contribution is -0.122. The summed E-state index contributed by atoms with van der Waals surface area (Å²) < 4.78 is 27.8. The Morgan fingerprint density at radius 3 is 2.42 bits per heavy atom. The number of hydrogen-bond acceptors (Lipinski definition) is 3. The maximum atomic E-state index is 13.2. The van der Waals surface area contributed by atoms with E-state index in [1.54, 1.807) is 12.1 Å².